The van der Waals surface area contributed by atoms with Gasteiger partial charge in [0.1, 0.15) is 0 Å². The van der Waals surface area contributed by atoms with Gasteiger partial charge in [0.25, 0.3) is 5.91 Å². The molecule has 0 unspecified atom stereocenters. The van der Waals surface area contributed by atoms with Crippen LogP contribution in [-0.2, 0) is 11.2 Å². The van der Waals surface area contributed by atoms with Crippen LogP contribution in [-0.4, -0.2) is 11.8 Å². The third-order valence-electron chi connectivity index (χ3n) is 3.07. The van der Waals surface area contributed by atoms with Gasteiger partial charge in [0.05, 0.1) is 0 Å². The summed E-state index contributed by atoms with van der Waals surface area (Å²) < 4.78 is 0. The first-order chi connectivity index (χ1) is 10.1. The normalized spacial score (nSPS) is 10.0. The van der Waals surface area contributed by atoms with E-state index in [9.17, 15) is 9.59 Å². The number of hydrogen-bond donors (Lipinski definition) is 2. The molecule has 0 spiro atoms. The molecule has 0 saturated carbocycles. The molecule has 2 rings (SSSR count). The zero-order valence-electron chi connectivity index (χ0n) is 12.1. The number of carbonyl (C=O) groups is 2. The average Bonchev–Trinajstić information content (AvgIpc) is 2.47. The van der Waals surface area contributed by atoms with E-state index >= 15 is 0 Å². The Balaban J connectivity index is 2.09. The summed E-state index contributed by atoms with van der Waals surface area (Å²) in [5.41, 5.74) is 3.10. The van der Waals surface area contributed by atoms with Gasteiger partial charge in [-0.1, -0.05) is 25.1 Å². The van der Waals surface area contributed by atoms with E-state index in [-0.39, 0.29) is 11.8 Å². The summed E-state index contributed by atoms with van der Waals surface area (Å²) in [5, 5.41) is 5.50. The highest BCUT2D eigenvalue weighted by Gasteiger charge is 2.06. The number of aryl methyl sites for hydroxylation is 1. The fourth-order valence-electron chi connectivity index (χ4n) is 1.97. The van der Waals surface area contributed by atoms with Gasteiger partial charge in [-0.2, -0.15) is 0 Å². The minimum atomic E-state index is -0.169. The smallest absolute Gasteiger partial charge is 0.255 e. The third kappa shape index (κ3) is 4.18. The summed E-state index contributed by atoms with van der Waals surface area (Å²) in [6.45, 7) is 3.52. The predicted molar refractivity (Wildman–Crippen MR) is 84.5 cm³/mol. The first-order valence-corrected chi connectivity index (χ1v) is 6.86. The van der Waals surface area contributed by atoms with Crippen molar-refractivity contribution in [2.45, 2.75) is 20.3 Å². The Kier molecular flexibility index (Phi) is 4.72. The summed E-state index contributed by atoms with van der Waals surface area (Å²) in [6, 6.07) is 14.6. The summed E-state index contributed by atoms with van der Waals surface area (Å²) in [7, 11) is 0. The topological polar surface area (TPSA) is 58.2 Å². The first kappa shape index (κ1) is 14.8. The number of benzene rings is 2. The number of anilines is 2. The van der Waals surface area contributed by atoms with Gasteiger partial charge < -0.3 is 10.6 Å². The zero-order valence-corrected chi connectivity index (χ0v) is 12.1. The van der Waals surface area contributed by atoms with Crippen LogP contribution in [0.5, 0.6) is 0 Å². The van der Waals surface area contributed by atoms with Crippen LogP contribution in [0.15, 0.2) is 48.5 Å². The van der Waals surface area contributed by atoms with Crippen LogP contribution < -0.4 is 10.6 Å². The molecule has 0 fully saturated rings. The Morgan fingerprint density at radius 2 is 1.57 bits per heavy atom. The molecule has 2 N–H and O–H groups in total. The number of carbonyl (C=O) groups excluding carboxylic acids is 2. The number of hydrogen-bond acceptors (Lipinski definition) is 2. The van der Waals surface area contributed by atoms with Crippen molar-refractivity contribution >= 4 is 23.2 Å². The Morgan fingerprint density at radius 1 is 0.952 bits per heavy atom. The summed E-state index contributed by atoms with van der Waals surface area (Å²) in [4.78, 5) is 23.2. The molecule has 21 heavy (non-hydrogen) atoms. The van der Waals surface area contributed by atoms with E-state index in [2.05, 4.69) is 17.6 Å². The quantitative estimate of drug-likeness (QED) is 0.902. The van der Waals surface area contributed by atoms with Crippen molar-refractivity contribution in [1.29, 1.82) is 0 Å². The monoisotopic (exact) mass is 282 g/mol. The van der Waals surface area contributed by atoms with Gasteiger partial charge in [-0.3, -0.25) is 9.59 Å². The molecule has 4 heteroatoms. The lowest BCUT2D eigenvalue weighted by molar-refractivity contribution is -0.114. The van der Waals surface area contributed by atoms with Crippen LogP contribution in [0.4, 0.5) is 11.4 Å². The van der Waals surface area contributed by atoms with Gasteiger partial charge in [-0.05, 0) is 42.3 Å². The van der Waals surface area contributed by atoms with Crippen LogP contribution in [0.2, 0.25) is 0 Å². The van der Waals surface area contributed by atoms with E-state index < -0.39 is 0 Å². The summed E-state index contributed by atoms with van der Waals surface area (Å²) in [5.74, 6) is -0.314. The van der Waals surface area contributed by atoms with E-state index in [0.717, 1.165) is 6.42 Å². The van der Waals surface area contributed by atoms with Crippen LogP contribution in [0.1, 0.15) is 29.8 Å². The fraction of sp³-hybridized carbons (Fsp3) is 0.176. The molecule has 0 saturated heterocycles. The molecule has 108 valence electrons. The molecule has 2 aromatic carbocycles. The highest BCUT2D eigenvalue weighted by atomic mass is 16.2. The van der Waals surface area contributed by atoms with E-state index in [0.29, 0.717) is 16.9 Å². The second kappa shape index (κ2) is 6.70. The molecule has 0 aliphatic rings. The highest BCUT2D eigenvalue weighted by molar-refractivity contribution is 6.04. The molecule has 0 aliphatic carbocycles. The minimum Gasteiger partial charge on any atom is -0.326 e. The van der Waals surface area contributed by atoms with E-state index in [4.69, 9.17) is 0 Å². The van der Waals surface area contributed by atoms with Crippen molar-refractivity contribution < 1.29 is 9.59 Å². The third-order valence-corrected chi connectivity index (χ3v) is 3.07. The van der Waals surface area contributed by atoms with Crippen molar-refractivity contribution in [2.75, 3.05) is 10.6 Å². The van der Waals surface area contributed by atoms with Gasteiger partial charge >= 0.3 is 0 Å². The van der Waals surface area contributed by atoms with E-state index in [1.165, 1.54) is 12.5 Å². The van der Waals surface area contributed by atoms with Crippen molar-refractivity contribution in [3.63, 3.8) is 0 Å². The van der Waals surface area contributed by atoms with Gasteiger partial charge in [0.2, 0.25) is 5.91 Å². The number of nitrogens with one attached hydrogen (secondary N) is 2. The average molecular weight is 282 g/mol. The molecule has 2 aromatic rings. The standard InChI is InChI=1S/C17H18N2O2/c1-3-13-7-9-14(10-8-13)17(21)19-16-6-4-5-15(11-16)18-12(2)20/h4-11H,3H2,1-2H3,(H,18,20)(H,19,21). The molecular formula is C17H18N2O2. The fourth-order valence-corrected chi connectivity index (χ4v) is 1.97. The molecular weight excluding hydrogens is 264 g/mol. The molecule has 0 aliphatic heterocycles. The lowest BCUT2D eigenvalue weighted by Crippen LogP contribution is -2.12. The molecule has 0 heterocycles. The molecule has 0 aromatic heterocycles. The Labute approximate surface area is 124 Å². The lowest BCUT2D eigenvalue weighted by atomic mass is 10.1. The first-order valence-electron chi connectivity index (χ1n) is 6.86. The SMILES string of the molecule is CCc1ccc(C(=O)Nc2cccc(NC(C)=O)c2)cc1. The largest absolute Gasteiger partial charge is 0.326 e. The second-order valence-corrected chi connectivity index (χ2v) is 4.77. The van der Waals surface area contributed by atoms with Gasteiger partial charge in [-0.25, -0.2) is 0 Å². The van der Waals surface area contributed by atoms with E-state index in [1.807, 2.05) is 24.3 Å². The Hall–Kier alpha value is -2.62. The maximum Gasteiger partial charge on any atom is 0.255 e. The molecule has 2 amide bonds. The van der Waals surface area contributed by atoms with Crippen molar-refractivity contribution in [3.05, 3.63) is 59.7 Å². The van der Waals surface area contributed by atoms with Crippen molar-refractivity contribution in [1.82, 2.24) is 0 Å². The van der Waals surface area contributed by atoms with Gasteiger partial charge in [-0.15, -0.1) is 0 Å². The van der Waals surface area contributed by atoms with Gasteiger partial charge in [0.15, 0.2) is 0 Å². The van der Waals surface area contributed by atoms with Crippen LogP contribution in [0.25, 0.3) is 0 Å². The van der Waals surface area contributed by atoms with Crippen LogP contribution in [0, 0.1) is 0 Å². The van der Waals surface area contributed by atoms with Crippen LogP contribution in [0.3, 0.4) is 0 Å². The van der Waals surface area contributed by atoms with Crippen LogP contribution >= 0.6 is 0 Å². The molecule has 0 bridgehead atoms. The maximum atomic E-state index is 12.1. The van der Waals surface area contributed by atoms with E-state index in [1.54, 1.807) is 24.3 Å². The second-order valence-electron chi connectivity index (χ2n) is 4.77. The highest BCUT2D eigenvalue weighted by Crippen LogP contribution is 2.16. The lowest BCUT2D eigenvalue weighted by Gasteiger charge is -2.08. The zero-order chi connectivity index (χ0) is 15.2. The Morgan fingerprint density at radius 3 is 2.14 bits per heavy atom. The minimum absolute atomic E-state index is 0.145. The van der Waals surface area contributed by atoms with Crippen molar-refractivity contribution in [2.24, 2.45) is 0 Å². The van der Waals surface area contributed by atoms with Gasteiger partial charge in [0, 0.05) is 23.9 Å². The maximum absolute atomic E-state index is 12.1. The molecule has 0 atom stereocenters. The summed E-state index contributed by atoms with van der Waals surface area (Å²) in [6.07, 6.45) is 0.945. The number of amides is 2. The Bertz CT molecular complexity index is 648. The molecule has 4 nitrogen and oxygen atoms in total. The molecule has 0 radical (unpaired) electrons. The van der Waals surface area contributed by atoms with Crippen molar-refractivity contribution in [3.8, 4) is 0 Å². The summed E-state index contributed by atoms with van der Waals surface area (Å²) >= 11 is 0. The number of rotatable bonds is 4. The predicted octanol–water partition coefficient (Wildman–Crippen LogP) is 3.46.